The smallest absolute Gasteiger partial charge is 0.263 e. The maximum atomic E-state index is 12.4. The first kappa shape index (κ1) is 17.6. The largest absolute Gasteiger partial charge is 0.379 e. The summed E-state index contributed by atoms with van der Waals surface area (Å²) in [6, 6.07) is 7.96. The molecule has 0 radical (unpaired) electrons. The second kappa shape index (κ2) is 6.37. The maximum absolute atomic E-state index is 12.4. The second-order valence-electron chi connectivity index (χ2n) is 6.32. The fourth-order valence-electron chi connectivity index (χ4n) is 1.94. The number of hydrogen-bond acceptors (Lipinski definition) is 4. The molecule has 0 aliphatic carbocycles. The highest BCUT2D eigenvalue weighted by Gasteiger charge is 2.16. The summed E-state index contributed by atoms with van der Waals surface area (Å²) in [6.07, 6.45) is 1.59. The van der Waals surface area contributed by atoms with Crippen molar-refractivity contribution in [1.82, 2.24) is 4.98 Å². The molecule has 2 N–H and O–H groups in total. The van der Waals surface area contributed by atoms with E-state index in [0.717, 1.165) is 5.69 Å². The van der Waals surface area contributed by atoms with Crippen LogP contribution >= 0.6 is 11.6 Å². The minimum absolute atomic E-state index is 0.0937. The average molecular weight is 354 g/mol. The van der Waals surface area contributed by atoms with Crippen LogP contribution in [0.15, 0.2) is 41.4 Å². The van der Waals surface area contributed by atoms with E-state index in [1.54, 1.807) is 31.3 Å². The van der Waals surface area contributed by atoms with Gasteiger partial charge >= 0.3 is 0 Å². The van der Waals surface area contributed by atoms with Gasteiger partial charge in [-0.1, -0.05) is 11.6 Å². The van der Waals surface area contributed by atoms with Crippen LogP contribution < -0.4 is 10.0 Å². The van der Waals surface area contributed by atoms with Crippen LogP contribution in [0.1, 0.15) is 26.3 Å². The second-order valence-corrected chi connectivity index (χ2v) is 8.41. The van der Waals surface area contributed by atoms with Gasteiger partial charge in [0, 0.05) is 10.6 Å². The lowest BCUT2D eigenvalue weighted by atomic mass is 10.1. The molecule has 0 amide bonds. The first-order valence-electron chi connectivity index (χ1n) is 7.10. The molecule has 23 heavy (non-hydrogen) atoms. The van der Waals surface area contributed by atoms with Crippen LogP contribution in [0.5, 0.6) is 0 Å². The predicted molar refractivity (Wildman–Crippen MR) is 94.6 cm³/mol. The zero-order valence-electron chi connectivity index (χ0n) is 13.5. The molecule has 5 nitrogen and oxygen atoms in total. The number of nitrogens with zero attached hydrogens (tertiary/aromatic N) is 1. The van der Waals surface area contributed by atoms with Crippen molar-refractivity contribution in [2.24, 2.45) is 0 Å². The third kappa shape index (κ3) is 4.84. The number of sulfonamides is 1. The highest BCUT2D eigenvalue weighted by atomic mass is 35.5. The van der Waals surface area contributed by atoms with E-state index in [0.29, 0.717) is 10.6 Å². The van der Waals surface area contributed by atoms with Crippen LogP contribution in [0.2, 0.25) is 5.02 Å². The number of pyridine rings is 1. The molecule has 2 rings (SSSR count). The Kier molecular flexibility index (Phi) is 4.87. The van der Waals surface area contributed by atoms with Gasteiger partial charge in [-0.2, -0.15) is 0 Å². The van der Waals surface area contributed by atoms with Crippen molar-refractivity contribution in [1.29, 1.82) is 0 Å². The first-order chi connectivity index (χ1) is 10.6. The summed E-state index contributed by atoms with van der Waals surface area (Å²) in [6.45, 7) is 7.86. The molecular formula is C16H20ClN3O2S. The molecule has 0 unspecified atom stereocenters. The Hall–Kier alpha value is -1.79. The fourth-order valence-corrected chi connectivity index (χ4v) is 3.15. The van der Waals surface area contributed by atoms with E-state index < -0.39 is 10.0 Å². The van der Waals surface area contributed by atoms with E-state index >= 15 is 0 Å². The van der Waals surface area contributed by atoms with Crippen LogP contribution in [0.4, 0.5) is 11.5 Å². The monoisotopic (exact) mass is 353 g/mol. The summed E-state index contributed by atoms with van der Waals surface area (Å²) >= 11 is 5.93. The number of anilines is 2. The Morgan fingerprint density at radius 3 is 2.35 bits per heavy atom. The number of nitrogens with one attached hydrogen (secondary N) is 2. The fraction of sp³-hybridized carbons (Fsp3) is 0.312. The minimum atomic E-state index is -3.69. The van der Waals surface area contributed by atoms with Gasteiger partial charge in [0.05, 0.1) is 16.8 Å². The Morgan fingerprint density at radius 2 is 1.83 bits per heavy atom. The van der Waals surface area contributed by atoms with E-state index in [-0.39, 0.29) is 16.3 Å². The molecule has 7 heteroatoms. The molecule has 0 saturated carbocycles. The van der Waals surface area contributed by atoms with E-state index in [1.807, 2.05) is 20.8 Å². The Balaban J connectivity index is 2.19. The van der Waals surface area contributed by atoms with Crippen LogP contribution in [-0.4, -0.2) is 18.9 Å². The molecule has 0 bridgehead atoms. The molecule has 0 aliphatic heterocycles. The van der Waals surface area contributed by atoms with Crippen molar-refractivity contribution in [2.45, 2.75) is 38.1 Å². The molecule has 0 atom stereocenters. The summed E-state index contributed by atoms with van der Waals surface area (Å²) in [5.74, 6) is 0.261. The number of aryl methyl sites for hydroxylation is 1. The summed E-state index contributed by atoms with van der Waals surface area (Å²) in [5, 5.41) is 3.79. The lowest BCUT2D eigenvalue weighted by Gasteiger charge is -2.21. The van der Waals surface area contributed by atoms with Crippen LogP contribution in [-0.2, 0) is 10.0 Å². The molecule has 1 aromatic heterocycles. The van der Waals surface area contributed by atoms with Crippen molar-refractivity contribution in [3.8, 4) is 0 Å². The molecule has 0 spiro atoms. The predicted octanol–water partition coefficient (Wildman–Crippen LogP) is 4.05. The quantitative estimate of drug-likeness (QED) is 0.869. The van der Waals surface area contributed by atoms with Gasteiger partial charge in [0.1, 0.15) is 5.82 Å². The standard InChI is InChI=1S/C16H20ClN3O2S/c1-11-9-13(6-7-14(11)17)23(21,22)20-15-8-5-12(10-18-15)19-16(2,3)4/h5-10,19H,1-4H3,(H,18,20). The number of rotatable bonds is 4. The van der Waals surface area contributed by atoms with Crippen molar-refractivity contribution < 1.29 is 8.42 Å². The zero-order valence-corrected chi connectivity index (χ0v) is 15.1. The number of halogens is 1. The third-order valence-electron chi connectivity index (χ3n) is 2.96. The summed E-state index contributed by atoms with van der Waals surface area (Å²) in [7, 11) is -3.69. The average Bonchev–Trinajstić information content (AvgIpc) is 2.42. The zero-order chi connectivity index (χ0) is 17.3. The van der Waals surface area contributed by atoms with E-state index in [4.69, 9.17) is 11.6 Å². The molecule has 0 saturated heterocycles. The van der Waals surface area contributed by atoms with Crippen molar-refractivity contribution in [3.05, 3.63) is 47.1 Å². The van der Waals surface area contributed by atoms with Crippen molar-refractivity contribution in [3.63, 3.8) is 0 Å². The lowest BCUT2D eigenvalue weighted by molar-refractivity contribution is 0.601. The maximum Gasteiger partial charge on any atom is 0.263 e. The normalized spacial score (nSPS) is 12.0. The summed E-state index contributed by atoms with van der Waals surface area (Å²) in [4.78, 5) is 4.29. The van der Waals surface area contributed by atoms with Crippen LogP contribution in [0, 0.1) is 6.92 Å². The van der Waals surface area contributed by atoms with Gasteiger partial charge in [-0.25, -0.2) is 13.4 Å². The van der Waals surface area contributed by atoms with Gasteiger partial charge in [0.25, 0.3) is 10.0 Å². The Bertz CT molecular complexity index is 797. The van der Waals surface area contributed by atoms with E-state index in [9.17, 15) is 8.42 Å². The highest BCUT2D eigenvalue weighted by molar-refractivity contribution is 7.92. The van der Waals surface area contributed by atoms with Crippen LogP contribution in [0.3, 0.4) is 0 Å². The lowest BCUT2D eigenvalue weighted by Crippen LogP contribution is -2.26. The Labute approximate surface area is 142 Å². The molecular weight excluding hydrogens is 334 g/mol. The molecule has 0 aliphatic rings. The van der Waals surface area contributed by atoms with Gasteiger partial charge in [0.15, 0.2) is 0 Å². The molecule has 1 heterocycles. The van der Waals surface area contributed by atoms with Gasteiger partial charge < -0.3 is 5.32 Å². The Morgan fingerprint density at radius 1 is 1.13 bits per heavy atom. The van der Waals surface area contributed by atoms with Crippen molar-refractivity contribution >= 4 is 33.1 Å². The number of aromatic nitrogens is 1. The molecule has 124 valence electrons. The molecule has 2 aromatic rings. The van der Waals surface area contributed by atoms with Gasteiger partial charge in [-0.15, -0.1) is 0 Å². The van der Waals surface area contributed by atoms with Gasteiger partial charge in [-0.3, -0.25) is 4.72 Å². The SMILES string of the molecule is Cc1cc(S(=O)(=O)Nc2ccc(NC(C)(C)C)cn2)ccc1Cl. The van der Waals surface area contributed by atoms with Crippen molar-refractivity contribution in [2.75, 3.05) is 10.0 Å². The van der Waals surface area contributed by atoms with E-state index in [1.165, 1.54) is 12.1 Å². The summed E-state index contributed by atoms with van der Waals surface area (Å²) < 4.78 is 27.2. The molecule has 1 aromatic carbocycles. The molecule has 0 fully saturated rings. The summed E-state index contributed by atoms with van der Waals surface area (Å²) in [5.41, 5.74) is 1.43. The van der Waals surface area contributed by atoms with Gasteiger partial charge in [-0.05, 0) is 63.6 Å². The highest BCUT2D eigenvalue weighted by Crippen LogP contribution is 2.22. The minimum Gasteiger partial charge on any atom is -0.379 e. The van der Waals surface area contributed by atoms with E-state index in [2.05, 4.69) is 15.0 Å². The topological polar surface area (TPSA) is 71.1 Å². The third-order valence-corrected chi connectivity index (χ3v) is 4.74. The van der Waals surface area contributed by atoms with Gasteiger partial charge in [0.2, 0.25) is 0 Å². The first-order valence-corrected chi connectivity index (χ1v) is 8.96. The van der Waals surface area contributed by atoms with Crippen LogP contribution in [0.25, 0.3) is 0 Å². The number of benzene rings is 1. The number of hydrogen-bond donors (Lipinski definition) is 2.